The van der Waals surface area contributed by atoms with Crippen LogP contribution in [0.4, 0.5) is 0 Å². The third-order valence-electron chi connectivity index (χ3n) is 2.73. The van der Waals surface area contributed by atoms with Gasteiger partial charge in [0.15, 0.2) is 0 Å². The van der Waals surface area contributed by atoms with Crippen LogP contribution in [0.3, 0.4) is 0 Å². The van der Waals surface area contributed by atoms with E-state index in [4.69, 9.17) is 0 Å². The highest BCUT2D eigenvalue weighted by atomic mass is 14.2. The number of rotatable bonds is 4. The summed E-state index contributed by atoms with van der Waals surface area (Å²) in [5.41, 5.74) is 1.42. The van der Waals surface area contributed by atoms with Crippen molar-refractivity contribution in [3.8, 4) is 0 Å². The Morgan fingerprint density at radius 2 is 1.77 bits per heavy atom. The van der Waals surface area contributed by atoms with Crippen LogP contribution < -0.4 is 0 Å². The first-order chi connectivity index (χ1) is 6.29. The van der Waals surface area contributed by atoms with Gasteiger partial charge >= 0.3 is 0 Å². The molecule has 0 aliphatic rings. The van der Waals surface area contributed by atoms with Crippen molar-refractivity contribution in [3.63, 3.8) is 0 Å². The maximum atomic E-state index is 2.31. The lowest BCUT2D eigenvalue weighted by Crippen LogP contribution is -2.08. The number of hydrogen-bond acceptors (Lipinski definition) is 0. The van der Waals surface area contributed by atoms with Gasteiger partial charge in [-0.25, -0.2) is 0 Å². The van der Waals surface area contributed by atoms with Gasteiger partial charge in [0.2, 0.25) is 0 Å². The third kappa shape index (κ3) is 2.58. The molecule has 0 saturated carbocycles. The van der Waals surface area contributed by atoms with E-state index < -0.39 is 0 Å². The summed E-state index contributed by atoms with van der Waals surface area (Å²) in [6.07, 6.45) is 2.40. The predicted molar refractivity (Wildman–Crippen MR) is 58.5 cm³/mol. The van der Waals surface area contributed by atoms with E-state index >= 15 is 0 Å². The van der Waals surface area contributed by atoms with Crippen molar-refractivity contribution >= 4 is 0 Å². The zero-order valence-electron chi connectivity index (χ0n) is 8.88. The van der Waals surface area contributed by atoms with Gasteiger partial charge in [-0.2, -0.15) is 0 Å². The van der Waals surface area contributed by atoms with Crippen molar-refractivity contribution in [3.05, 3.63) is 41.8 Å². The van der Waals surface area contributed by atoms with Gasteiger partial charge in [-0.15, -0.1) is 0 Å². The Bertz CT molecular complexity index is 225. The molecule has 1 radical (unpaired) electrons. The molecular weight excluding hydrogens is 156 g/mol. The molecule has 0 aliphatic carbocycles. The summed E-state index contributed by atoms with van der Waals surface area (Å²) in [6, 6.07) is 10.7. The lowest BCUT2D eigenvalue weighted by Gasteiger charge is -2.20. The Kier molecular flexibility index (Phi) is 4.01. The predicted octanol–water partition coefficient (Wildman–Crippen LogP) is 4.07. The summed E-state index contributed by atoms with van der Waals surface area (Å²) >= 11 is 0. The van der Waals surface area contributed by atoms with Crippen LogP contribution in [0.15, 0.2) is 30.3 Å². The minimum atomic E-state index is 0.715. The van der Waals surface area contributed by atoms with Gasteiger partial charge in [-0.05, 0) is 17.9 Å². The van der Waals surface area contributed by atoms with Gasteiger partial charge in [0.1, 0.15) is 0 Å². The van der Waals surface area contributed by atoms with Crippen molar-refractivity contribution in [1.82, 2.24) is 0 Å². The molecule has 71 valence electrons. The van der Waals surface area contributed by atoms with Crippen LogP contribution >= 0.6 is 0 Å². The molecule has 0 fully saturated rings. The van der Waals surface area contributed by atoms with Crippen LogP contribution in [-0.2, 0) is 0 Å². The van der Waals surface area contributed by atoms with Crippen molar-refractivity contribution < 1.29 is 0 Å². The van der Waals surface area contributed by atoms with Gasteiger partial charge < -0.3 is 0 Å². The summed E-state index contributed by atoms with van der Waals surface area (Å²) < 4.78 is 0. The topological polar surface area (TPSA) is 0 Å². The highest BCUT2D eigenvalue weighted by Crippen LogP contribution is 2.28. The van der Waals surface area contributed by atoms with E-state index in [1.54, 1.807) is 5.92 Å². The van der Waals surface area contributed by atoms with E-state index in [-0.39, 0.29) is 0 Å². The van der Waals surface area contributed by atoms with Crippen LogP contribution in [0.25, 0.3) is 0 Å². The Morgan fingerprint density at radius 3 is 2.23 bits per heavy atom. The first-order valence-corrected chi connectivity index (χ1v) is 5.20. The fourth-order valence-corrected chi connectivity index (χ4v) is 1.74. The minimum absolute atomic E-state index is 0.715. The molecule has 0 heterocycles. The smallest absolute Gasteiger partial charge is 0.00751 e. The van der Waals surface area contributed by atoms with E-state index in [0.717, 1.165) is 0 Å². The molecule has 0 amide bonds. The van der Waals surface area contributed by atoms with E-state index in [2.05, 4.69) is 51.1 Å². The zero-order valence-corrected chi connectivity index (χ0v) is 8.88. The average Bonchev–Trinajstić information content (AvgIpc) is 2.20. The number of hydrogen-bond donors (Lipinski definition) is 0. The summed E-state index contributed by atoms with van der Waals surface area (Å²) in [4.78, 5) is 0. The first kappa shape index (κ1) is 10.3. The van der Waals surface area contributed by atoms with Gasteiger partial charge in [0.05, 0.1) is 0 Å². The second kappa shape index (κ2) is 5.06. The molecule has 1 atom stereocenters. The van der Waals surface area contributed by atoms with Crippen LogP contribution in [0, 0.1) is 11.8 Å². The van der Waals surface area contributed by atoms with Crippen molar-refractivity contribution in [1.29, 1.82) is 0 Å². The third-order valence-corrected chi connectivity index (χ3v) is 2.73. The van der Waals surface area contributed by atoms with E-state index in [0.29, 0.717) is 5.92 Å². The molecule has 1 rings (SSSR count). The molecule has 0 nitrogen and oxygen atoms in total. The summed E-state index contributed by atoms with van der Waals surface area (Å²) in [5.74, 6) is 2.30. The van der Waals surface area contributed by atoms with Crippen molar-refractivity contribution in [2.75, 3.05) is 0 Å². The summed E-state index contributed by atoms with van der Waals surface area (Å²) in [6.45, 7) is 6.81. The van der Waals surface area contributed by atoms with Crippen LogP contribution in [0.1, 0.15) is 39.2 Å². The maximum Gasteiger partial charge on any atom is 0.00751 e. The van der Waals surface area contributed by atoms with Crippen LogP contribution in [-0.4, -0.2) is 0 Å². The van der Waals surface area contributed by atoms with E-state index in [1.165, 1.54) is 18.4 Å². The largest absolute Gasteiger partial charge is 0.0651 e. The Labute approximate surface area is 82.0 Å². The zero-order chi connectivity index (χ0) is 9.68. The molecule has 0 spiro atoms. The molecule has 1 unspecified atom stereocenters. The minimum Gasteiger partial charge on any atom is -0.0651 e. The Hall–Kier alpha value is -0.780. The van der Waals surface area contributed by atoms with Crippen LogP contribution in [0.5, 0.6) is 0 Å². The summed E-state index contributed by atoms with van der Waals surface area (Å²) in [5, 5.41) is 0. The van der Waals surface area contributed by atoms with E-state index in [9.17, 15) is 0 Å². The number of benzene rings is 1. The summed E-state index contributed by atoms with van der Waals surface area (Å²) in [7, 11) is 0. The second-order valence-corrected chi connectivity index (χ2v) is 3.55. The van der Waals surface area contributed by atoms with Gasteiger partial charge in [-0.1, -0.05) is 57.5 Å². The van der Waals surface area contributed by atoms with Gasteiger partial charge in [-0.3, -0.25) is 0 Å². The lowest BCUT2D eigenvalue weighted by atomic mass is 9.84. The molecule has 13 heavy (non-hydrogen) atoms. The molecule has 0 aromatic heterocycles. The quantitative estimate of drug-likeness (QED) is 0.647. The Balaban J connectivity index is 2.78. The fourth-order valence-electron chi connectivity index (χ4n) is 1.74. The highest BCUT2D eigenvalue weighted by molar-refractivity contribution is 5.31. The van der Waals surface area contributed by atoms with Crippen LogP contribution in [0.2, 0.25) is 0 Å². The van der Waals surface area contributed by atoms with Gasteiger partial charge in [0, 0.05) is 5.92 Å². The molecule has 0 N–H and O–H groups in total. The molecule has 1 aromatic rings. The SMILES string of the molecule is CC[C](c1ccccc1)C(C)CC. The standard InChI is InChI=1S/C13H19/c1-4-11(3)13(5-2)12-9-7-6-8-10-12/h6-11H,4-5H2,1-3H3. The second-order valence-electron chi connectivity index (χ2n) is 3.55. The highest BCUT2D eigenvalue weighted by Gasteiger charge is 2.15. The normalized spacial score (nSPS) is 13.2. The maximum absolute atomic E-state index is 2.31. The molecule has 0 heteroatoms. The van der Waals surface area contributed by atoms with E-state index in [1.807, 2.05) is 0 Å². The first-order valence-electron chi connectivity index (χ1n) is 5.20. The van der Waals surface area contributed by atoms with Crippen molar-refractivity contribution in [2.24, 2.45) is 5.92 Å². The fraction of sp³-hybridized carbons (Fsp3) is 0.462. The monoisotopic (exact) mass is 175 g/mol. The average molecular weight is 175 g/mol. The molecule has 0 bridgehead atoms. The molecular formula is C13H19. The van der Waals surface area contributed by atoms with Crippen molar-refractivity contribution in [2.45, 2.75) is 33.6 Å². The molecule has 0 saturated heterocycles. The Morgan fingerprint density at radius 1 is 1.15 bits per heavy atom. The van der Waals surface area contributed by atoms with Gasteiger partial charge in [0.25, 0.3) is 0 Å². The lowest BCUT2D eigenvalue weighted by molar-refractivity contribution is 0.569. The molecule has 0 aliphatic heterocycles. The molecule has 1 aromatic carbocycles.